The van der Waals surface area contributed by atoms with E-state index in [1.807, 2.05) is 44.2 Å². The van der Waals surface area contributed by atoms with Crippen LogP contribution in [0, 0.1) is 6.92 Å². The van der Waals surface area contributed by atoms with Crippen LogP contribution in [0.1, 0.15) is 73.6 Å². The standard InChI is InChI=1S/C32H36N4O3/c1-5-11-24(12-10-13-26(37)6-2)28-20-27(31-22(4)34-21-30(36(28)31)39-7-3)23-15-17-25(18-16-23)32(38)35-29-14-8-9-19-33-29/h6,8-9,14-21,24H,2,5,7,10-13H2,1,3-4H3,(H,33,35,38)/t24-/m1/s1. The molecule has 1 amide bonds. The first-order valence-electron chi connectivity index (χ1n) is 13.6. The lowest BCUT2D eigenvalue weighted by Gasteiger charge is -2.18. The van der Waals surface area contributed by atoms with Crippen molar-refractivity contribution in [2.75, 3.05) is 11.9 Å². The number of ketones is 1. The van der Waals surface area contributed by atoms with E-state index in [2.05, 4.69) is 39.3 Å². The van der Waals surface area contributed by atoms with Crippen molar-refractivity contribution in [3.05, 3.63) is 90.5 Å². The predicted octanol–water partition coefficient (Wildman–Crippen LogP) is 7.16. The largest absolute Gasteiger partial charge is 0.478 e. The first-order chi connectivity index (χ1) is 19.0. The molecule has 1 N–H and O–H groups in total. The van der Waals surface area contributed by atoms with Crippen molar-refractivity contribution in [3.63, 3.8) is 0 Å². The summed E-state index contributed by atoms with van der Waals surface area (Å²) in [4.78, 5) is 33.5. The summed E-state index contributed by atoms with van der Waals surface area (Å²) in [5.74, 6) is 1.33. The number of amides is 1. The van der Waals surface area contributed by atoms with E-state index in [-0.39, 0.29) is 17.6 Å². The van der Waals surface area contributed by atoms with Crippen LogP contribution >= 0.6 is 0 Å². The van der Waals surface area contributed by atoms with Crippen LogP contribution in [0.15, 0.2) is 73.6 Å². The number of allylic oxidation sites excluding steroid dienone is 1. The maximum Gasteiger partial charge on any atom is 0.256 e. The number of nitrogens with zero attached hydrogens (tertiary/aromatic N) is 3. The van der Waals surface area contributed by atoms with Crippen molar-refractivity contribution in [1.82, 2.24) is 14.4 Å². The first-order valence-corrected chi connectivity index (χ1v) is 13.6. The molecular weight excluding hydrogens is 488 g/mol. The van der Waals surface area contributed by atoms with Gasteiger partial charge in [0.15, 0.2) is 5.78 Å². The summed E-state index contributed by atoms with van der Waals surface area (Å²) >= 11 is 0. The number of aromatic nitrogens is 3. The molecule has 0 aliphatic rings. The summed E-state index contributed by atoms with van der Waals surface area (Å²) in [5, 5.41) is 2.83. The van der Waals surface area contributed by atoms with Crippen LogP contribution in [-0.4, -0.2) is 32.7 Å². The second-order valence-corrected chi connectivity index (χ2v) is 9.58. The highest BCUT2D eigenvalue weighted by Gasteiger charge is 2.23. The van der Waals surface area contributed by atoms with Gasteiger partial charge in [-0.25, -0.2) is 4.98 Å². The minimum Gasteiger partial charge on any atom is -0.478 e. The minimum atomic E-state index is -0.212. The van der Waals surface area contributed by atoms with Gasteiger partial charge >= 0.3 is 0 Å². The molecule has 1 aromatic carbocycles. The van der Waals surface area contributed by atoms with Gasteiger partial charge in [0.05, 0.1) is 24.0 Å². The van der Waals surface area contributed by atoms with Gasteiger partial charge in [-0.3, -0.25) is 19.0 Å². The van der Waals surface area contributed by atoms with E-state index in [1.54, 1.807) is 24.5 Å². The minimum absolute atomic E-state index is 0.0770. The number of benzene rings is 1. The number of hydrogen-bond acceptors (Lipinski definition) is 5. The molecule has 0 fully saturated rings. The van der Waals surface area contributed by atoms with Crippen LogP contribution in [0.4, 0.5) is 5.82 Å². The van der Waals surface area contributed by atoms with Crippen molar-refractivity contribution in [2.45, 2.75) is 58.8 Å². The third-order valence-corrected chi connectivity index (χ3v) is 6.88. The molecule has 7 nitrogen and oxygen atoms in total. The highest BCUT2D eigenvalue weighted by molar-refractivity contribution is 6.04. The summed E-state index contributed by atoms with van der Waals surface area (Å²) in [7, 11) is 0. The molecule has 1 atom stereocenters. The Morgan fingerprint density at radius 3 is 2.56 bits per heavy atom. The Balaban J connectivity index is 1.73. The number of nitrogens with one attached hydrogen (secondary N) is 1. The van der Waals surface area contributed by atoms with Crippen molar-refractivity contribution in [3.8, 4) is 17.0 Å². The molecule has 0 aliphatic heterocycles. The summed E-state index contributed by atoms with van der Waals surface area (Å²) < 4.78 is 8.23. The molecule has 0 saturated heterocycles. The SMILES string of the molecule is C=CC(=O)CCC[C@@H](CCC)c1cc(-c2ccc(C(=O)Nc3ccccn3)cc2)c2c(C)ncc(OCC)n12. The molecule has 0 spiro atoms. The number of ether oxygens (including phenoxy) is 1. The number of aryl methyl sites for hydroxylation is 1. The normalized spacial score (nSPS) is 11.8. The molecule has 4 aromatic rings. The Morgan fingerprint density at radius 2 is 1.90 bits per heavy atom. The fraction of sp³-hybridized carbons (Fsp3) is 0.312. The van der Waals surface area contributed by atoms with Gasteiger partial charge in [-0.1, -0.05) is 38.1 Å². The van der Waals surface area contributed by atoms with E-state index in [9.17, 15) is 9.59 Å². The highest BCUT2D eigenvalue weighted by atomic mass is 16.5. The zero-order valence-corrected chi connectivity index (χ0v) is 22.9. The van der Waals surface area contributed by atoms with Crippen LogP contribution in [0.5, 0.6) is 5.88 Å². The van der Waals surface area contributed by atoms with Crippen LogP contribution in [0.25, 0.3) is 16.6 Å². The van der Waals surface area contributed by atoms with E-state index >= 15 is 0 Å². The summed E-state index contributed by atoms with van der Waals surface area (Å²) in [6.07, 6.45) is 9.04. The van der Waals surface area contributed by atoms with Gasteiger partial charge in [0.2, 0.25) is 5.88 Å². The summed E-state index contributed by atoms with van der Waals surface area (Å²) in [5.41, 5.74) is 5.62. The maximum atomic E-state index is 12.8. The molecule has 3 aromatic heterocycles. The summed E-state index contributed by atoms with van der Waals surface area (Å²) in [6, 6.07) is 15.2. The Morgan fingerprint density at radius 1 is 1.10 bits per heavy atom. The van der Waals surface area contributed by atoms with Crippen molar-refractivity contribution in [2.24, 2.45) is 0 Å². The molecule has 0 bridgehead atoms. The number of pyridine rings is 1. The Labute approximate surface area is 230 Å². The van der Waals surface area contributed by atoms with E-state index < -0.39 is 0 Å². The quantitative estimate of drug-likeness (QED) is 0.188. The molecule has 0 saturated carbocycles. The lowest BCUT2D eigenvalue weighted by Crippen LogP contribution is -2.12. The van der Waals surface area contributed by atoms with Gasteiger partial charge in [-0.15, -0.1) is 0 Å². The fourth-order valence-electron chi connectivity index (χ4n) is 5.01. The molecule has 7 heteroatoms. The molecule has 3 heterocycles. The topological polar surface area (TPSA) is 85.6 Å². The van der Waals surface area contributed by atoms with E-state index in [4.69, 9.17) is 4.74 Å². The van der Waals surface area contributed by atoms with Crippen molar-refractivity contribution < 1.29 is 14.3 Å². The Hall–Kier alpha value is -4.26. The monoisotopic (exact) mass is 524 g/mol. The number of anilines is 1. The van der Waals surface area contributed by atoms with Gasteiger partial charge < -0.3 is 10.1 Å². The number of fused-ring (bicyclic) bond motifs is 1. The van der Waals surface area contributed by atoms with Crippen LogP contribution in [0.3, 0.4) is 0 Å². The van der Waals surface area contributed by atoms with Gasteiger partial charge in [-0.2, -0.15) is 0 Å². The molecule has 39 heavy (non-hydrogen) atoms. The lowest BCUT2D eigenvalue weighted by molar-refractivity contribution is -0.114. The molecular formula is C32H36N4O3. The van der Waals surface area contributed by atoms with Gasteiger partial charge in [0.25, 0.3) is 5.91 Å². The highest BCUT2D eigenvalue weighted by Crippen LogP contribution is 2.38. The van der Waals surface area contributed by atoms with Gasteiger partial charge in [0.1, 0.15) is 5.82 Å². The third kappa shape index (κ3) is 6.42. The average molecular weight is 525 g/mol. The summed E-state index contributed by atoms with van der Waals surface area (Å²) in [6.45, 7) is 10.3. The molecule has 4 rings (SSSR count). The van der Waals surface area contributed by atoms with Crippen LogP contribution in [0.2, 0.25) is 0 Å². The fourth-order valence-corrected chi connectivity index (χ4v) is 5.01. The lowest BCUT2D eigenvalue weighted by atomic mass is 9.92. The van der Waals surface area contributed by atoms with Gasteiger partial charge in [-0.05, 0) is 81.0 Å². The number of rotatable bonds is 13. The van der Waals surface area contributed by atoms with Crippen molar-refractivity contribution in [1.29, 1.82) is 0 Å². The Kier molecular flexibility index (Phi) is 9.26. The number of hydrogen-bond donors (Lipinski definition) is 1. The predicted molar refractivity (Wildman–Crippen MR) is 155 cm³/mol. The molecule has 0 unspecified atom stereocenters. The number of carbonyl (C=O) groups excluding carboxylic acids is 2. The zero-order chi connectivity index (χ0) is 27.8. The van der Waals surface area contributed by atoms with Crippen LogP contribution < -0.4 is 10.1 Å². The second-order valence-electron chi connectivity index (χ2n) is 9.58. The smallest absolute Gasteiger partial charge is 0.256 e. The number of carbonyl (C=O) groups is 2. The zero-order valence-electron chi connectivity index (χ0n) is 22.9. The maximum absolute atomic E-state index is 12.8. The van der Waals surface area contributed by atoms with Crippen LogP contribution in [-0.2, 0) is 4.79 Å². The van der Waals surface area contributed by atoms with E-state index in [0.717, 1.165) is 53.7 Å². The Bertz CT molecular complexity index is 1440. The van der Waals surface area contributed by atoms with E-state index in [1.165, 1.54) is 6.08 Å². The van der Waals surface area contributed by atoms with Gasteiger partial charge in [0, 0.05) is 29.4 Å². The van der Waals surface area contributed by atoms with Crippen molar-refractivity contribution >= 4 is 23.0 Å². The van der Waals surface area contributed by atoms with E-state index in [0.29, 0.717) is 30.3 Å². The first kappa shape index (κ1) is 27.8. The second kappa shape index (κ2) is 13.0. The average Bonchev–Trinajstić information content (AvgIpc) is 3.36. The molecule has 0 radical (unpaired) electrons. The molecule has 202 valence electrons. The third-order valence-electron chi connectivity index (χ3n) is 6.88. The molecule has 0 aliphatic carbocycles.